The third-order valence-corrected chi connectivity index (χ3v) is 3.96. The number of benzene rings is 1. The third-order valence-electron chi connectivity index (χ3n) is 3.96. The molecule has 1 aliphatic heterocycles. The number of aromatic nitrogens is 1. The molecule has 24 heavy (non-hydrogen) atoms. The van der Waals surface area contributed by atoms with Crippen molar-refractivity contribution in [2.45, 2.75) is 0 Å². The number of aromatic hydroxyl groups is 1. The average Bonchev–Trinajstić information content (AvgIpc) is 3.03. The molecule has 0 unspecified atom stereocenters. The Kier molecular flexibility index (Phi) is 4.97. The minimum Gasteiger partial charge on any atom is -0.504 e. The van der Waals surface area contributed by atoms with Gasteiger partial charge in [-0.05, 0) is 18.2 Å². The topological polar surface area (TPSA) is 104 Å². The highest BCUT2D eigenvalue weighted by Gasteiger charge is 2.16. The summed E-state index contributed by atoms with van der Waals surface area (Å²) >= 11 is 0. The fraction of sp³-hybridized carbons (Fsp3) is 0.375. The summed E-state index contributed by atoms with van der Waals surface area (Å²) in [5.74, 6) is -0.380. The summed E-state index contributed by atoms with van der Waals surface area (Å²) in [6.07, 6.45) is 0. The maximum Gasteiger partial charge on any atom is 0.298 e. The Hall–Kier alpha value is -2.58. The molecule has 128 valence electrons. The number of fused-ring (bicyclic) bond motifs is 1. The summed E-state index contributed by atoms with van der Waals surface area (Å²) in [4.78, 5) is 28.0. The van der Waals surface area contributed by atoms with Crippen LogP contribution in [0, 0.1) is 0 Å². The standard InChI is InChI=1S/C16H19N3O5/c20-10-24-15-11-9-13(18-12(11)1-2-14(15)21)16(22)17-3-4-19-5-7-23-8-6-19/h1-2,9-10,18,21H,3-8H2,(H,17,22). The van der Waals surface area contributed by atoms with Crippen LogP contribution in [-0.2, 0) is 9.53 Å². The van der Waals surface area contributed by atoms with Crippen molar-refractivity contribution < 1.29 is 24.2 Å². The SMILES string of the molecule is O=COc1c(O)ccc2[nH]c(C(=O)NCCN3CCOCC3)cc12. The molecule has 0 saturated carbocycles. The van der Waals surface area contributed by atoms with E-state index >= 15 is 0 Å². The van der Waals surface area contributed by atoms with Crippen molar-refractivity contribution in [3.8, 4) is 11.5 Å². The van der Waals surface area contributed by atoms with Crippen LogP contribution < -0.4 is 10.1 Å². The van der Waals surface area contributed by atoms with Crippen molar-refractivity contribution in [2.75, 3.05) is 39.4 Å². The van der Waals surface area contributed by atoms with E-state index in [0.717, 1.165) is 32.8 Å². The Balaban J connectivity index is 1.66. The van der Waals surface area contributed by atoms with Gasteiger partial charge in [-0.2, -0.15) is 0 Å². The number of carbonyl (C=O) groups is 2. The van der Waals surface area contributed by atoms with E-state index in [1.165, 1.54) is 6.07 Å². The highest BCUT2D eigenvalue weighted by molar-refractivity contribution is 6.00. The van der Waals surface area contributed by atoms with Crippen molar-refractivity contribution in [3.63, 3.8) is 0 Å². The van der Waals surface area contributed by atoms with Gasteiger partial charge in [0, 0.05) is 31.6 Å². The van der Waals surface area contributed by atoms with Crippen LogP contribution in [0.1, 0.15) is 10.5 Å². The first-order valence-corrected chi connectivity index (χ1v) is 7.72. The first kappa shape index (κ1) is 16.3. The van der Waals surface area contributed by atoms with E-state index in [4.69, 9.17) is 9.47 Å². The van der Waals surface area contributed by atoms with E-state index in [2.05, 4.69) is 15.2 Å². The molecule has 3 N–H and O–H groups in total. The number of amides is 1. The molecule has 1 aromatic heterocycles. The van der Waals surface area contributed by atoms with Gasteiger partial charge in [0.15, 0.2) is 11.5 Å². The number of carbonyl (C=O) groups excluding carboxylic acids is 2. The molecular formula is C16H19N3O5. The number of morpholine rings is 1. The molecule has 1 aromatic carbocycles. The molecule has 8 nitrogen and oxygen atoms in total. The number of hydrogen-bond acceptors (Lipinski definition) is 6. The number of ether oxygens (including phenoxy) is 2. The lowest BCUT2D eigenvalue weighted by Gasteiger charge is -2.26. The highest BCUT2D eigenvalue weighted by Crippen LogP contribution is 2.34. The number of hydrogen-bond donors (Lipinski definition) is 3. The second-order valence-corrected chi connectivity index (χ2v) is 5.48. The summed E-state index contributed by atoms with van der Waals surface area (Å²) in [7, 11) is 0. The van der Waals surface area contributed by atoms with Gasteiger partial charge in [0.2, 0.25) is 0 Å². The largest absolute Gasteiger partial charge is 0.504 e. The van der Waals surface area contributed by atoms with Crippen LogP contribution in [-0.4, -0.2) is 66.8 Å². The van der Waals surface area contributed by atoms with Crippen LogP contribution in [0.25, 0.3) is 10.9 Å². The minimum atomic E-state index is -0.254. The average molecular weight is 333 g/mol. The first-order valence-electron chi connectivity index (χ1n) is 7.72. The lowest BCUT2D eigenvalue weighted by Crippen LogP contribution is -2.41. The summed E-state index contributed by atoms with van der Waals surface area (Å²) in [6.45, 7) is 4.70. The predicted molar refractivity (Wildman–Crippen MR) is 86.2 cm³/mol. The third kappa shape index (κ3) is 3.50. The van der Waals surface area contributed by atoms with Gasteiger partial charge in [-0.15, -0.1) is 0 Å². The van der Waals surface area contributed by atoms with Gasteiger partial charge in [0.25, 0.3) is 12.4 Å². The zero-order chi connectivity index (χ0) is 16.9. The first-order chi connectivity index (χ1) is 11.7. The molecule has 0 aliphatic carbocycles. The maximum absolute atomic E-state index is 12.3. The van der Waals surface area contributed by atoms with E-state index in [1.54, 1.807) is 12.1 Å². The molecule has 1 aliphatic rings. The summed E-state index contributed by atoms with van der Waals surface area (Å²) in [5.41, 5.74) is 0.941. The van der Waals surface area contributed by atoms with Crippen molar-refractivity contribution in [2.24, 2.45) is 0 Å². The molecule has 1 saturated heterocycles. The van der Waals surface area contributed by atoms with Crippen LogP contribution in [0.2, 0.25) is 0 Å². The van der Waals surface area contributed by atoms with Crippen molar-refractivity contribution >= 4 is 23.3 Å². The van der Waals surface area contributed by atoms with Gasteiger partial charge in [-0.3, -0.25) is 14.5 Å². The van der Waals surface area contributed by atoms with Gasteiger partial charge in [-0.25, -0.2) is 0 Å². The quantitative estimate of drug-likeness (QED) is 0.664. The van der Waals surface area contributed by atoms with E-state index in [9.17, 15) is 14.7 Å². The van der Waals surface area contributed by atoms with Crippen LogP contribution in [0.4, 0.5) is 0 Å². The second kappa shape index (κ2) is 7.33. The Bertz CT molecular complexity index is 737. The maximum atomic E-state index is 12.3. The lowest BCUT2D eigenvalue weighted by molar-refractivity contribution is -0.120. The molecule has 0 spiro atoms. The van der Waals surface area contributed by atoms with Crippen LogP contribution in [0.15, 0.2) is 18.2 Å². The number of rotatable bonds is 6. The molecule has 0 atom stereocenters. The molecule has 1 amide bonds. The number of H-pyrrole nitrogens is 1. The van der Waals surface area contributed by atoms with E-state index < -0.39 is 0 Å². The zero-order valence-electron chi connectivity index (χ0n) is 13.1. The Morgan fingerprint density at radius 2 is 2.21 bits per heavy atom. The Labute approximate surface area is 138 Å². The van der Waals surface area contributed by atoms with Crippen LogP contribution in [0.3, 0.4) is 0 Å². The normalized spacial score (nSPS) is 15.3. The van der Waals surface area contributed by atoms with E-state index in [0.29, 0.717) is 23.1 Å². The molecule has 3 rings (SSSR count). The van der Waals surface area contributed by atoms with Crippen molar-refractivity contribution in [1.29, 1.82) is 0 Å². The number of nitrogens with zero attached hydrogens (tertiary/aromatic N) is 1. The molecule has 0 bridgehead atoms. The van der Waals surface area contributed by atoms with Crippen LogP contribution >= 0.6 is 0 Å². The molecule has 1 fully saturated rings. The van der Waals surface area contributed by atoms with E-state index in [-0.39, 0.29) is 23.9 Å². The molecular weight excluding hydrogens is 314 g/mol. The van der Waals surface area contributed by atoms with Gasteiger partial charge < -0.3 is 24.9 Å². The minimum absolute atomic E-state index is 0.0334. The predicted octanol–water partition coefficient (Wildman–Crippen LogP) is 0.471. The molecule has 0 radical (unpaired) electrons. The molecule has 8 heteroatoms. The lowest BCUT2D eigenvalue weighted by atomic mass is 10.2. The highest BCUT2D eigenvalue weighted by atomic mass is 16.5. The van der Waals surface area contributed by atoms with Gasteiger partial charge in [0.05, 0.1) is 18.7 Å². The van der Waals surface area contributed by atoms with Gasteiger partial charge in [-0.1, -0.05) is 0 Å². The van der Waals surface area contributed by atoms with Gasteiger partial charge in [0.1, 0.15) is 5.69 Å². The van der Waals surface area contributed by atoms with E-state index in [1.807, 2.05) is 0 Å². The fourth-order valence-corrected chi connectivity index (χ4v) is 2.71. The van der Waals surface area contributed by atoms with Crippen LogP contribution in [0.5, 0.6) is 11.5 Å². The molecule has 2 aromatic rings. The second-order valence-electron chi connectivity index (χ2n) is 5.48. The number of nitrogens with one attached hydrogen (secondary N) is 2. The molecule has 2 heterocycles. The Morgan fingerprint density at radius 3 is 2.96 bits per heavy atom. The summed E-state index contributed by atoms with van der Waals surface area (Å²) in [6, 6.07) is 4.57. The van der Waals surface area contributed by atoms with Crippen molar-refractivity contribution in [1.82, 2.24) is 15.2 Å². The summed E-state index contributed by atoms with van der Waals surface area (Å²) < 4.78 is 10.1. The number of phenolic OH excluding ortho intramolecular Hbond substituents is 1. The number of phenols is 1. The van der Waals surface area contributed by atoms with Crippen molar-refractivity contribution in [3.05, 3.63) is 23.9 Å². The zero-order valence-corrected chi connectivity index (χ0v) is 13.1. The monoisotopic (exact) mass is 333 g/mol. The smallest absolute Gasteiger partial charge is 0.298 e. The number of aromatic amines is 1. The Morgan fingerprint density at radius 1 is 1.42 bits per heavy atom. The summed E-state index contributed by atoms with van der Waals surface area (Å²) in [5, 5.41) is 13.1. The fourth-order valence-electron chi connectivity index (χ4n) is 2.71. The van der Waals surface area contributed by atoms with Gasteiger partial charge >= 0.3 is 0 Å².